The highest BCUT2D eigenvalue weighted by Crippen LogP contribution is 2.61. The molecule has 0 heterocycles. The van der Waals surface area contributed by atoms with Crippen LogP contribution >= 0.6 is 8.38 Å². The summed E-state index contributed by atoms with van der Waals surface area (Å²) in [6, 6.07) is 20.0. The SMILES string of the molecule is CP(O)OCc1ccc(C(CC(C)(C)C)C(C)(C)C(C)(C)C(c2ccccc2)C(C)(C)C)cc1. The molecule has 0 radical (unpaired) electrons. The molecule has 0 aromatic heterocycles. The lowest BCUT2D eigenvalue weighted by Gasteiger charge is -2.56. The molecule has 2 aromatic carbocycles. The summed E-state index contributed by atoms with van der Waals surface area (Å²) in [5.41, 5.74) is 4.30. The van der Waals surface area contributed by atoms with Crippen molar-refractivity contribution in [3.8, 4) is 0 Å². The molecule has 1 N–H and O–H groups in total. The quantitative estimate of drug-likeness (QED) is 0.359. The van der Waals surface area contributed by atoms with Crippen LogP contribution in [0.25, 0.3) is 0 Å². The molecule has 0 aliphatic heterocycles. The second kappa shape index (κ2) is 10.8. The smallest absolute Gasteiger partial charge is 0.164 e. The molecule has 3 unspecified atom stereocenters. The van der Waals surface area contributed by atoms with E-state index in [1.807, 2.05) is 0 Å². The number of benzene rings is 2. The van der Waals surface area contributed by atoms with Gasteiger partial charge in [0, 0.05) is 6.66 Å². The summed E-state index contributed by atoms with van der Waals surface area (Å²) >= 11 is 0. The Kier molecular flexibility index (Phi) is 9.23. The molecule has 0 saturated heterocycles. The van der Waals surface area contributed by atoms with Crippen LogP contribution in [-0.4, -0.2) is 11.6 Å². The van der Waals surface area contributed by atoms with Crippen LogP contribution in [0.4, 0.5) is 0 Å². The van der Waals surface area contributed by atoms with E-state index in [0.717, 1.165) is 12.0 Å². The van der Waals surface area contributed by atoms with Crippen molar-refractivity contribution in [2.75, 3.05) is 6.66 Å². The first-order valence-corrected chi connectivity index (χ1v) is 14.3. The van der Waals surface area contributed by atoms with Crippen LogP contribution in [0.15, 0.2) is 54.6 Å². The monoisotopic (exact) mass is 484 g/mol. The molecule has 0 spiro atoms. The van der Waals surface area contributed by atoms with Crippen LogP contribution in [-0.2, 0) is 11.1 Å². The molecule has 0 aliphatic carbocycles. The summed E-state index contributed by atoms with van der Waals surface area (Å²) in [4.78, 5) is 9.53. The van der Waals surface area contributed by atoms with Gasteiger partial charge >= 0.3 is 0 Å². The number of hydrogen-bond donors (Lipinski definition) is 1. The van der Waals surface area contributed by atoms with Crippen molar-refractivity contribution in [2.45, 2.75) is 94.1 Å². The number of hydrogen-bond acceptors (Lipinski definition) is 2. The highest BCUT2D eigenvalue weighted by molar-refractivity contribution is 7.45. The van der Waals surface area contributed by atoms with Gasteiger partial charge in [0.25, 0.3) is 0 Å². The third-order valence-corrected chi connectivity index (χ3v) is 8.37. The lowest BCUT2D eigenvalue weighted by Crippen LogP contribution is -2.46. The molecule has 3 heteroatoms. The molecule has 2 nitrogen and oxygen atoms in total. The Labute approximate surface area is 211 Å². The van der Waals surface area contributed by atoms with Gasteiger partial charge < -0.3 is 9.42 Å². The van der Waals surface area contributed by atoms with Gasteiger partial charge in [0.2, 0.25) is 0 Å². The van der Waals surface area contributed by atoms with Crippen molar-refractivity contribution in [1.29, 1.82) is 0 Å². The lowest BCUT2D eigenvalue weighted by molar-refractivity contribution is -0.00424. The van der Waals surface area contributed by atoms with Crippen molar-refractivity contribution in [1.82, 2.24) is 0 Å². The maximum Gasteiger partial charge on any atom is 0.164 e. The van der Waals surface area contributed by atoms with Crippen molar-refractivity contribution in [2.24, 2.45) is 21.7 Å². The molecular formula is C31H49O2P. The molecule has 0 fully saturated rings. The third-order valence-electron chi connectivity index (χ3n) is 7.87. The molecule has 3 atom stereocenters. The van der Waals surface area contributed by atoms with Crippen molar-refractivity contribution in [3.63, 3.8) is 0 Å². The molecule has 34 heavy (non-hydrogen) atoms. The maximum absolute atomic E-state index is 9.53. The van der Waals surface area contributed by atoms with Gasteiger partial charge in [-0.2, -0.15) is 0 Å². The predicted molar refractivity (Wildman–Crippen MR) is 149 cm³/mol. The van der Waals surface area contributed by atoms with Gasteiger partial charge in [0.15, 0.2) is 8.38 Å². The van der Waals surface area contributed by atoms with E-state index < -0.39 is 8.38 Å². The summed E-state index contributed by atoms with van der Waals surface area (Å²) in [6.07, 6.45) is 1.11. The second-order valence-corrected chi connectivity index (χ2v) is 14.6. The molecule has 2 aromatic rings. The molecule has 0 bridgehead atoms. The van der Waals surface area contributed by atoms with Gasteiger partial charge in [0.1, 0.15) is 0 Å². The molecular weight excluding hydrogens is 435 g/mol. The van der Waals surface area contributed by atoms with Crippen LogP contribution in [0, 0.1) is 21.7 Å². The summed E-state index contributed by atoms with van der Waals surface area (Å²) in [5.74, 6) is 0.798. The van der Waals surface area contributed by atoms with Crippen molar-refractivity contribution >= 4 is 8.38 Å². The lowest BCUT2D eigenvalue weighted by atomic mass is 9.48. The summed E-state index contributed by atoms with van der Waals surface area (Å²) in [7, 11) is -1.34. The van der Waals surface area contributed by atoms with Crippen LogP contribution in [0.2, 0.25) is 0 Å². The number of rotatable bonds is 9. The summed E-state index contributed by atoms with van der Waals surface area (Å²) in [6.45, 7) is 26.3. The Morgan fingerprint density at radius 2 is 1.26 bits per heavy atom. The van der Waals surface area contributed by atoms with Crippen LogP contribution in [0.3, 0.4) is 0 Å². The zero-order valence-electron chi connectivity index (χ0n) is 23.6. The Hall–Kier alpha value is -1.21. The van der Waals surface area contributed by atoms with E-state index in [1.165, 1.54) is 11.1 Å². The van der Waals surface area contributed by atoms with Gasteiger partial charge in [-0.05, 0) is 56.6 Å². The fourth-order valence-electron chi connectivity index (χ4n) is 5.88. The normalized spacial score (nSPS) is 16.2. The molecule has 0 aliphatic rings. The second-order valence-electron chi connectivity index (χ2n) is 13.4. The largest absolute Gasteiger partial charge is 0.350 e. The van der Waals surface area contributed by atoms with Crippen molar-refractivity contribution < 1.29 is 9.42 Å². The van der Waals surface area contributed by atoms with E-state index in [9.17, 15) is 4.89 Å². The van der Waals surface area contributed by atoms with E-state index in [-0.39, 0.29) is 21.7 Å². The van der Waals surface area contributed by atoms with E-state index in [4.69, 9.17) is 4.52 Å². The van der Waals surface area contributed by atoms with Gasteiger partial charge in [0.05, 0.1) is 6.61 Å². The van der Waals surface area contributed by atoms with E-state index in [0.29, 0.717) is 18.4 Å². The van der Waals surface area contributed by atoms with E-state index in [2.05, 4.69) is 124 Å². The fraction of sp³-hybridized carbons (Fsp3) is 0.613. The molecule has 0 saturated carbocycles. The summed E-state index contributed by atoms with van der Waals surface area (Å²) in [5, 5.41) is 0. The minimum Gasteiger partial charge on any atom is -0.350 e. The Bertz CT molecular complexity index is 884. The first kappa shape index (κ1) is 29.0. The average molecular weight is 485 g/mol. The fourth-order valence-corrected chi connectivity index (χ4v) is 6.22. The highest BCUT2D eigenvalue weighted by atomic mass is 31.2. The third kappa shape index (κ3) is 7.16. The topological polar surface area (TPSA) is 29.5 Å². The van der Waals surface area contributed by atoms with Crippen LogP contribution in [0.1, 0.15) is 104 Å². The van der Waals surface area contributed by atoms with Crippen molar-refractivity contribution in [3.05, 3.63) is 71.3 Å². The molecule has 2 rings (SSSR count). The van der Waals surface area contributed by atoms with E-state index >= 15 is 0 Å². The highest BCUT2D eigenvalue weighted by Gasteiger charge is 2.52. The summed E-state index contributed by atoms with van der Waals surface area (Å²) < 4.78 is 5.47. The Morgan fingerprint density at radius 3 is 1.71 bits per heavy atom. The molecule has 0 amide bonds. The zero-order valence-corrected chi connectivity index (χ0v) is 24.5. The maximum atomic E-state index is 9.53. The average Bonchev–Trinajstić information content (AvgIpc) is 2.69. The van der Waals surface area contributed by atoms with Gasteiger partial charge in [-0.15, -0.1) is 0 Å². The van der Waals surface area contributed by atoms with Crippen LogP contribution < -0.4 is 0 Å². The first-order valence-electron chi connectivity index (χ1n) is 12.7. The van der Waals surface area contributed by atoms with E-state index in [1.54, 1.807) is 6.66 Å². The standard InChI is InChI=1S/C31H49O2P/c1-28(2,3)21-26(24-19-17-23(18-20-24)22-33-34(11)32)30(7,8)31(9,10)27(29(4,5)6)25-15-13-12-14-16-25/h12-20,26-27,32H,21-22H2,1-11H3. The Morgan fingerprint density at radius 1 is 0.735 bits per heavy atom. The zero-order chi connectivity index (χ0) is 25.9. The minimum absolute atomic E-state index is 0.0227. The van der Waals surface area contributed by atoms with Gasteiger partial charge in [-0.1, -0.05) is 124 Å². The van der Waals surface area contributed by atoms with Gasteiger partial charge in [-0.25, -0.2) is 0 Å². The Balaban J connectivity index is 2.55. The molecule has 190 valence electrons. The van der Waals surface area contributed by atoms with Gasteiger partial charge in [-0.3, -0.25) is 0 Å². The first-order chi connectivity index (χ1) is 15.5. The minimum atomic E-state index is -1.34. The predicted octanol–water partition coefficient (Wildman–Crippen LogP) is 9.54. The van der Waals surface area contributed by atoms with Crippen LogP contribution in [0.5, 0.6) is 0 Å².